The number of aliphatic imine (C=N–C) groups is 1. The van der Waals surface area contributed by atoms with E-state index in [4.69, 9.17) is 15.2 Å². The molecule has 1 aromatic rings. The number of hydrogen-bond acceptors (Lipinski definition) is 4. The van der Waals surface area contributed by atoms with Crippen LogP contribution in [0.2, 0.25) is 0 Å². The fourth-order valence-corrected chi connectivity index (χ4v) is 1.59. The van der Waals surface area contributed by atoms with Crippen molar-refractivity contribution >= 4 is 35.6 Å². The highest BCUT2D eigenvalue weighted by Crippen LogP contribution is 2.28. The first-order chi connectivity index (χ1) is 9.60. The second-order valence-corrected chi connectivity index (χ2v) is 4.35. The van der Waals surface area contributed by atoms with Gasteiger partial charge >= 0.3 is 0 Å². The van der Waals surface area contributed by atoms with Crippen LogP contribution in [-0.4, -0.2) is 51.8 Å². The van der Waals surface area contributed by atoms with Gasteiger partial charge in [-0.25, -0.2) is 0 Å². The predicted molar refractivity (Wildman–Crippen MR) is 98.2 cm³/mol. The molecule has 0 amide bonds. The first kappa shape index (κ1) is 19.8. The van der Waals surface area contributed by atoms with E-state index in [0.717, 1.165) is 24.5 Å². The van der Waals surface area contributed by atoms with Crippen molar-refractivity contribution in [1.82, 2.24) is 4.90 Å². The van der Waals surface area contributed by atoms with Crippen LogP contribution in [0.3, 0.4) is 0 Å². The summed E-state index contributed by atoms with van der Waals surface area (Å²) in [6.45, 7) is 4.61. The Morgan fingerprint density at radius 3 is 2.62 bits per heavy atom. The van der Waals surface area contributed by atoms with Gasteiger partial charge in [-0.15, -0.1) is 24.0 Å². The molecule has 0 spiro atoms. The number of nitrogens with two attached hydrogens (primary N) is 1. The number of halogens is 1. The van der Waals surface area contributed by atoms with E-state index in [2.05, 4.69) is 22.1 Å². The Kier molecular flexibility index (Phi) is 9.89. The SMILES string of the molecule is CCN(C)CCN=C(N)Nc1cc(OC)ccc1OC.I. The minimum atomic E-state index is 0. The van der Waals surface area contributed by atoms with E-state index in [1.54, 1.807) is 14.2 Å². The van der Waals surface area contributed by atoms with Crippen molar-refractivity contribution in [1.29, 1.82) is 0 Å². The van der Waals surface area contributed by atoms with Crippen molar-refractivity contribution in [3.8, 4) is 11.5 Å². The van der Waals surface area contributed by atoms with Crippen LogP contribution >= 0.6 is 24.0 Å². The van der Waals surface area contributed by atoms with Crippen LogP contribution in [0.5, 0.6) is 11.5 Å². The number of hydrogen-bond donors (Lipinski definition) is 2. The number of anilines is 1. The molecule has 0 bridgehead atoms. The smallest absolute Gasteiger partial charge is 0.193 e. The van der Waals surface area contributed by atoms with Gasteiger partial charge in [-0.2, -0.15) is 0 Å². The summed E-state index contributed by atoms with van der Waals surface area (Å²) in [5.41, 5.74) is 6.61. The van der Waals surface area contributed by atoms with Crippen LogP contribution in [0.25, 0.3) is 0 Å². The Balaban J connectivity index is 0.00000400. The van der Waals surface area contributed by atoms with Crippen LogP contribution in [0, 0.1) is 0 Å². The third-order valence-electron chi connectivity index (χ3n) is 2.97. The molecule has 1 rings (SSSR count). The van der Waals surface area contributed by atoms with Crippen molar-refractivity contribution in [2.45, 2.75) is 6.92 Å². The van der Waals surface area contributed by atoms with Gasteiger partial charge in [-0.05, 0) is 25.7 Å². The molecule has 0 heterocycles. The third kappa shape index (κ3) is 6.85. The van der Waals surface area contributed by atoms with Gasteiger partial charge in [0, 0.05) is 12.6 Å². The summed E-state index contributed by atoms with van der Waals surface area (Å²) in [5, 5.41) is 3.03. The lowest BCUT2D eigenvalue weighted by Crippen LogP contribution is -2.26. The van der Waals surface area contributed by atoms with Gasteiger partial charge in [-0.1, -0.05) is 6.92 Å². The van der Waals surface area contributed by atoms with Crippen molar-refractivity contribution in [2.24, 2.45) is 10.7 Å². The Morgan fingerprint density at radius 2 is 2.05 bits per heavy atom. The Labute approximate surface area is 143 Å². The summed E-state index contributed by atoms with van der Waals surface area (Å²) in [4.78, 5) is 6.45. The average Bonchev–Trinajstić information content (AvgIpc) is 2.46. The molecule has 0 fully saturated rings. The predicted octanol–water partition coefficient (Wildman–Crippen LogP) is 2.00. The quantitative estimate of drug-likeness (QED) is 0.410. The third-order valence-corrected chi connectivity index (χ3v) is 2.97. The van der Waals surface area contributed by atoms with E-state index in [0.29, 0.717) is 18.3 Å². The van der Waals surface area contributed by atoms with Gasteiger partial charge in [0.1, 0.15) is 11.5 Å². The van der Waals surface area contributed by atoms with Crippen LogP contribution in [0.1, 0.15) is 6.92 Å². The summed E-state index contributed by atoms with van der Waals surface area (Å²) < 4.78 is 10.4. The van der Waals surface area contributed by atoms with Gasteiger partial charge in [0.25, 0.3) is 0 Å². The first-order valence-electron chi connectivity index (χ1n) is 6.58. The van der Waals surface area contributed by atoms with E-state index in [-0.39, 0.29) is 24.0 Å². The molecule has 120 valence electrons. The van der Waals surface area contributed by atoms with Crippen molar-refractivity contribution < 1.29 is 9.47 Å². The molecular formula is C14H25IN4O2. The second kappa shape index (κ2) is 10.5. The number of likely N-dealkylation sites (N-methyl/N-ethyl adjacent to an activating group) is 1. The Hall–Kier alpha value is -1.22. The number of ether oxygens (including phenoxy) is 2. The van der Waals surface area contributed by atoms with Crippen LogP contribution in [0.4, 0.5) is 5.69 Å². The lowest BCUT2D eigenvalue weighted by molar-refractivity contribution is 0.363. The summed E-state index contributed by atoms with van der Waals surface area (Å²) in [5.74, 6) is 1.78. The minimum absolute atomic E-state index is 0. The van der Waals surface area contributed by atoms with E-state index >= 15 is 0 Å². The second-order valence-electron chi connectivity index (χ2n) is 4.35. The van der Waals surface area contributed by atoms with Gasteiger partial charge in [0.15, 0.2) is 5.96 Å². The van der Waals surface area contributed by atoms with Gasteiger partial charge in [0.2, 0.25) is 0 Å². The zero-order valence-electron chi connectivity index (χ0n) is 13.0. The Bertz CT molecular complexity index is 455. The summed E-state index contributed by atoms with van der Waals surface area (Å²) >= 11 is 0. The highest BCUT2D eigenvalue weighted by atomic mass is 127. The van der Waals surface area contributed by atoms with Crippen molar-refractivity contribution in [3.63, 3.8) is 0 Å². The normalized spacial score (nSPS) is 11.0. The summed E-state index contributed by atoms with van der Waals surface area (Å²) in [6.07, 6.45) is 0. The monoisotopic (exact) mass is 408 g/mol. The Morgan fingerprint density at radius 1 is 1.33 bits per heavy atom. The summed E-state index contributed by atoms with van der Waals surface area (Å²) in [7, 11) is 5.27. The highest BCUT2D eigenvalue weighted by Gasteiger charge is 2.06. The maximum absolute atomic E-state index is 5.87. The molecule has 0 saturated heterocycles. The van der Waals surface area contributed by atoms with Crippen LogP contribution < -0.4 is 20.5 Å². The van der Waals surface area contributed by atoms with Crippen molar-refractivity contribution in [2.75, 3.05) is 46.2 Å². The summed E-state index contributed by atoms with van der Waals surface area (Å²) in [6, 6.07) is 5.46. The molecule has 0 aliphatic carbocycles. The molecule has 0 radical (unpaired) electrons. The average molecular weight is 408 g/mol. The van der Waals surface area contributed by atoms with E-state index < -0.39 is 0 Å². The molecular weight excluding hydrogens is 383 g/mol. The fraction of sp³-hybridized carbons (Fsp3) is 0.500. The number of nitrogens with one attached hydrogen (secondary N) is 1. The number of rotatable bonds is 7. The molecule has 1 aromatic carbocycles. The number of benzene rings is 1. The minimum Gasteiger partial charge on any atom is -0.497 e. The molecule has 0 aromatic heterocycles. The van der Waals surface area contributed by atoms with Gasteiger partial charge in [-0.3, -0.25) is 4.99 Å². The van der Waals surface area contributed by atoms with Gasteiger partial charge < -0.3 is 25.4 Å². The van der Waals surface area contributed by atoms with Crippen molar-refractivity contribution in [3.05, 3.63) is 18.2 Å². The maximum atomic E-state index is 5.87. The molecule has 0 unspecified atom stereocenters. The lowest BCUT2D eigenvalue weighted by atomic mass is 10.2. The molecule has 0 saturated carbocycles. The van der Waals surface area contributed by atoms with E-state index in [1.165, 1.54) is 0 Å². The largest absolute Gasteiger partial charge is 0.497 e. The molecule has 6 nitrogen and oxygen atoms in total. The lowest BCUT2D eigenvalue weighted by Gasteiger charge is -2.13. The maximum Gasteiger partial charge on any atom is 0.193 e. The molecule has 0 aliphatic heterocycles. The number of guanidine groups is 1. The fourth-order valence-electron chi connectivity index (χ4n) is 1.59. The highest BCUT2D eigenvalue weighted by molar-refractivity contribution is 14.0. The standard InChI is InChI=1S/C14H24N4O2.HI/c1-5-18(2)9-8-16-14(15)17-12-10-11(19-3)6-7-13(12)20-4;/h6-7,10H,5,8-9H2,1-4H3,(H3,15,16,17);1H. The number of methoxy groups -OCH3 is 2. The zero-order chi connectivity index (χ0) is 15.0. The van der Waals surface area contributed by atoms with E-state index in [9.17, 15) is 0 Å². The number of nitrogens with zero attached hydrogens (tertiary/aromatic N) is 2. The molecule has 3 N–H and O–H groups in total. The topological polar surface area (TPSA) is 72.1 Å². The molecule has 7 heteroatoms. The van der Waals surface area contributed by atoms with Crippen LogP contribution in [0.15, 0.2) is 23.2 Å². The first-order valence-corrected chi connectivity index (χ1v) is 6.58. The van der Waals surface area contributed by atoms with Gasteiger partial charge in [0.05, 0.1) is 26.5 Å². The zero-order valence-corrected chi connectivity index (χ0v) is 15.4. The molecule has 0 aliphatic rings. The van der Waals surface area contributed by atoms with E-state index in [1.807, 2.05) is 25.2 Å². The van der Waals surface area contributed by atoms with Crippen LogP contribution in [-0.2, 0) is 0 Å². The molecule has 21 heavy (non-hydrogen) atoms. The molecule has 0 atom stereocenters.